The predicted molar refractivity (Wildman–Crippen MR) is 50.7 cm³/mol. The standard InChI is InChI=1S/C9H15NO4/c1-2-3-7(11)6-10-8(12)4-5-9(13)14/h4-5,7,11H,2-3,6H2,1H3,(H,10,12)(H,13,14)/b5-4+. The van der Waals surface area contributed by atoms with Crippen LogP contribution in [-0.4, -0.2) is 34.7 Å². The molecule has 0 aromatic heterocycles. The molecule has 5 heteroatoms. The molecule has 0 radical (unpaired) electrons. The molecule has 0 aliphatic carbocycles. The maximum atomic E-state index is 10.9. The van der Waals surface area contributed by atoms with Gasteiger partial charge in [-0.15, -0.1) is 0 Å². The first-order valence-electron chi connectivity index (χ1n) is 4.43. The van der Waals surface area contributed by atoms with Gasteiger partial charge < -0.3 is 15.5 Å². The molecule has 0 aliphatic rings. The zero-order chi connectivity index (χ0) is 11.0. The highest BCUT2D eigenvalue weighted by atomic mass is 16.4. The molecule has 1 amide bonds. The Kier molecular flexibility index (Phi) is 6.39. The molecule has 0 saturated carbocycles. The second kappa shape index (κ2) is 7.08. The van der Waals surface area contributed by atoms with Crippen LogP contribution in [0.5, 0.6) is 0 Å². The van der Waals surface area contributed by atoms with Crippen LogP contribution in [0.25, 0.3) is 0 Å². The Morgan fingerprint density at radius 2 is 2.07 bits per heavy atom. The molecule has 0 fully saturated rings. The van der Waals surface area contributed by atoms with Crippen LogP contribution in [0.15, 0.2) is 12.2 Å². The van der Waals surface area contributed by atoms with Gasteiger partial charge in [-0.3, -0.25) is 4.79 Å². The zero-order valence-electron chi connectivity index (χ0n) is 8.06. The molecule has 14 heavy (non-hydrogen) atoms. The molecule has 0 aliphatic heterocycles. The van der Waals surface area contributed by atoms with Crippen LogP contribution in [0.1, 0.15) is 19.8 Å². The Bertz CT molecular complexity index is 225. The largest absolute Gasteiger partial charge is 0.478 e. The van der Waals surface area contributed by atoms with Crippen LogP contribution >= 0.6 is 0 Å². The number of aliphatic carboxylic acids is 1. The average Bonchev–Trinajstić information content (AvgIpc) is 2.12. The third-order valence-electron chi connectivity index (χ3n) is 1.51. The summed E-state index contributed by atoms with van der Waals surface area (Å²) in [6, 6.07) is 0. The number of carbonyl (C=O) groups excluding carboxylic acids is 1. The number of carbonyl (C=O) groups is 2. The maximum absolute atomic E-state index is 10.9. The Labute approximate surface area is 82.4 Å². The highest BCUT2D eigenvalue weighted by Crippen LogP contribution is 1.93. The van der Waals surface area contributed by atoms with E-state index in [4.69, 9.17) is 5.11 Å². The Morgan fingerprint density at radius 1 is 1.43 bits per heavy atom. The van der Waals surface area contributed by atoms with E-state index in [1.54, 1.807) is 0 Å². The normalized spacial score (nSPS) is 12.7. The van der Waals surface area contributed by atoms with E-state index in [1.165, 1.54) is 0 Å². The highest BCUT2D eigenvalue weighted by molar-refractivity contribution is 5.93. The monoisotopic (exact) mass is 201 g/mol. The van der Waals surface area contributed by atoms with E-state index in [-0.39, 0.29) is 6.54 Å². The fourth-order valence-electron chi connectivity index (χ4n) is 0.860. The van der Waals surface area contributed by atoms with Crippen LogP contribution in [0.4, 0.5) is 0 Å². The van der Waals surface area contributed by atoms with Crippen molar-refractivity contribution in [2.45, 2.75) is 25.9 Å². The van der Waals surface area contributed by atoms with Crippen LogP contribution in [0, 0.1) is 0 Å². The summed E-state index contributed by atoms with van der Waals surface area (Å²) in [5.41, 5.74) is 0. The Morgan fingerprint density at radius 3 is 2.57 bits per heavy atom. The molecule has 5 nitrogen and oxygen atoms in total. The smallest absolute Gasteiger partial charge is 0.328 e. The first-order chi connectivity index (χ1) is 6.56. The van der Waals surface area contributed by atoms with Gasteiger partial charge in [-0.2, -0.15) is 0 Å². The quantitative estimate of drug-likeness (QED) is 0.524. The van der Waals surface area contributed by atoms with E-state index in [0.717, 1.165) is 18.6 Å². The summed E-state index contributed by atoms with van der Waals surface area (Å²) in [4.78, 5) is 20.9. The van der Waals surface area contributed by atoms with Gasteiger partial charge in [0.15, 0.2) is 0 Å². The fraction of sp³-hybridized carbons (Fsp3) is 0.556. The van der Waals surface area contributed by atoms with Crippen LogP contribution in [0.2, 0.25) is 0 Å². The number of nitrogens with one attached hydrogen (secondary N) is 1. The lowest BCUT2D eigenvalue weighted by Crippen LogP contribution is -2.30. The van der Waals surface area contributed by atoms with Gasteiger partial charge in [-0.05, 0) is 6.42 Å². The summed E-state index contributed by atoms with van der Waals surface area (Å²) < 4.78 is 0. The number of carboxylic acids is 1. The van der Waals surface area contributed by atoms with Crippen molar-refractivity contribution in [3.8, 4) is 0 Å². The number of carboxylic acid groups (broad SMARTS) is 1. The molecular weight excluding hydrogens is 186 g/mol. The summed E-state index contributed by atoms with van der Waals surface area (Å²) in [5, 5.41) is 19.8. The molecule has 0 heterocycles. The van der Waals surface area contributed by atoms with Gasteiger partial charge in [0, 0.05) is 18.7 Å². The van der Waals surface area contributed by atoms with Gasteiger partial charge in [0.05, 0.1) is 6.10 Å². The molecule has 3 N–H and O–H groups in total. The zero-order valence-corrected chi connectivity index (χ0v) is 8.06. The third-order valence-corrected chi connectivity index (χ3v) is 1.51. The first kappa shape index (κ1) is 12.6. The summed E-state index contributed by atoms with van der Waals surface area (Å²) in [5.74, 6) is -1.68. The van der Waals surface area contributed by atoms with E-state index >= 15 is 0 Å². The summed E-state index contributed by atoms with van der Waals surface area (Å²) in [6.07, 6.45) is 2.55. The van der Waals surface area contributed by atoms with E-state index in [2.05, 4.69) is 5.32 Å². The van der Waals surface area contributed by atoms with E-state index in [9.17, 15) is 14.7 Å². The lowest BCUT2D eigenvalue weighted by Gasteiger charge is -2.08. The van der Waals surface area contributed by atoms with Gasteiger partial charge in [0.2, 0.25) is 5.91 Å². The van der Waals surface area contributed by atoms with Gasteiger partial charge in [0.1, 0.15) is 0 Å². The number of hydrogen-bond acceptors (Lipinski definition) is 3. The third kappa shape index (κ3) is 7.30. The van der Waals surface area contributed by atoms with Crippen molar-refractivity contribution in [3.05, 3.63) is 12.2 Å². The molecular formula is C9H15NO4. The average molecular weight is 201 g/mol. The van der Waals surface area contributed by atoms with Crippen molar-refractivity contribution < 1.29 is 19.8 Å². The van der Waals surface area contributed by atoms with Crippen LogP contribution in [0.3, 0.4) is 0 Å². The van der Waals surface area contributed by atoms with Gasteiger partial charge in [0.25, 0.3) is 0 Å². The molecule has 80 valence electrons. The van der Waals surface area contributed by atoms with E-state index in [0.29, 0.717) is 6.42 Å². The minimum atomic E-state index is -1.17. The number of rotatable bonds is 6. The number of aliphatic hydroxyl groups is 1. The molecule has 0 rings (SSSR count). The molecule has 1 unspecified atom stereocenters. The lowest BCUT2D eigenvalue weighted by molar-refractivity contribution is -0.131. The lowest BCUT2D eigenvalue weighted by atomic mass is 10.2. The number of aliphatic hydroxyl groups excluding tert-OH is 1. The molecule has 0 saturated heterocycles. The van der Waals surface area contributed by atoms with Crippen molar-refractivity contribution in [2.24, 2.45) is 0 Å². The van der Waals surface area contributed by atoms with Crippen molar-refractivity contribution >= 4 is 11.9 Å². The number of amides is 1. The van der Waals surface area contributed by atoms with Crippen molar-refractivity contribution in [1.82, 2.24) is 5.32 Å². The molecule has 0 spiro atoms. The van der Waals surface area contributed by atoms with E-state index in [1.807, 2.05) is 6.92 Å². The SMILES string of the molecule is CCCC(O)CNC(=O)/C=C/C(=O)O. The Hall–Kier alpha value is -1.36. The summed E-state index contributed by atoms with van der Waals surface area (Å²) in [6.45, 7) is 2.08. The van der Waals surface area contributed by atoms with Crippen LogP contribution in [-0.2, 0) is 9.59 Å². The van der Waals surface area contributed by atoms with E-state index < -0.39 is 18.0 Å². The van der Waals surface area contributed by atoms with Crippen LogP contribution < -0.4 is 5.32 Å². The summed E-state index contributed by atoms with van der Waals surface area (Å²) in [7, 11) is 0. The minimum absolute atomic E-state index is 0.149. The van der Waals surface area contributed by atoms with Gasteiger partial charge >= 0.3 is 5.97 Å². The first-order valence-corrected chi connectivity index (χ1v) is 4.43. The minimum Gasteiger partial charge on any atom is -0.478 e. The van der Waals surface area contributed by atoms with Gasteiger partial charge in [-0.25, -0.2) is 4.79 Å². The molecule has 1 atom stereocenters. The fourth-order valence-corrected chi connectivity index (χ4v) is 0.860. The number of hydrogen-bond donors (Lipinski definition) is 3. The molecule has 0 aromatic carbocycles. The predicted octanol–water partition coefficient (Wildman–Crippen LogP) is -0.0956. The molecule has 0 bridgehead atoms. The van der Waals surface area contributed by atoms with Crippen molar-refractivity contribution in [3.63, 3.8) is 0 Å². The topological polar surface area (TPSA) is 86.6 Å². The van der Waals surface area contributed by atoms with Crippen molar-refractivity contribution in [2.75, 3.05) is 6.54 Å². The Balaban J connectivity index is 3.68. The van der Waals surface area contributed by atoms with Gasteiger partial charge in [-0.1, -0.05) is 13.3 Å². The maximum Gasteiger partial charge on any atom is 0.328 e. The second-order valence-electron chi connectivity index (χ2n) is 2.86. The summed E-state index contributed by atoms with van der Waals surface area (Å²) >= 11 is 0. The molecule has 0 aromatic rings. The second-order valence-corrected chi connectivity index (χ2v) is 2.86. The highest BCUT2D eigenvalue weighted by Gasteiger charge is 2.03. The van der Waals surface area contributed by atoms with Crippen molar-refractivity contribution in [1.29, 1.82) is 0 Å².